The van der Waals surface area contributed by atoms with Crippen molar-refractivity contribution >= 4 is 11.8 Å². The summed E-state index contributed by atoms with van der Waals surface area (Å²) in [6, 6.07) is 4.71. The molecule has 0 radical (unpaired) electrons. The van der Waals surface area contributed by atoms with E-state index in [4.69, 9.17) is 0 Å². The lowest BCUT2D eigenvalue weighted by Crippen LogP contribution is -2.02. The van der Waals surface area contributed by atoms with Crippen LogP contribution in [0.25, 0.3) is 0 Å². The van der Waals surface area contributed by atoms with Crippen molar-refractivity contribution in [2.75, 3.05) is 11.5 Å². The topological polar surface area (TPSA) is 20.2 Å². The second-order valence-corrected chi connectivity index (χ2v) is 4.80. The highest BCUT2D eigenvalue weighted by Gasteiger charge is 2.08. The highest BCUT2D eigenvalue weighted by molar-refractivity contribution is 7.99. The second kappa shape index (κ2) is 6.13. The van der Waals surface area contributed by atoms with Gasteiger partial charge in [-0.2, -0.15) is 11.8 Å². The van der Waals surface area contributed by atoms with Crippen LogP contribution in [0, 0.1) is 12.7 Å². The minimum Gasteiger partial charge on any atom is -0.388 e. The van der Waals surface area contributed by atoms with Crippen LogP contribution < -0.4 is 0 Å². The van der Waals surface area contributed by atoms with Gasteiger partial charge in [-0.3, -0.25) is 0 Å². The molecule has 0 amide bonds. The van der Waals surface area contributed by atoms with Gasteiger partial charge in [-0.05, 0) is 42.4 Å². The molecule has 0 heterocycles. The lowest BCUT2D eigenvalue weighted by Gasteiger charge is -2.11. The van der Waals surface area contributed by atoms with Crippen LogP contribution >= 0.6 is 11.8 Å². The molecule has 0 fully saturated rings. The van der Waals surface area contributed by atoms with E-state index >= 15 is 0 Å². The van der Waals surface area contributed by atoms with E-state index in [1.54, 1.807) is 11.8 Å². The fourth-order valence-electron chi connectivity index (χ4n) is 1.39. The van der Waals surface area contributed by atoms with Gasteiger partial charge < -0.3 is 5.11 Å². The summed E-state index contributed by atoms with van der Waals surface area (Å²) in [7, 11) is 0. The van der Waals surface area contributed by atoms with Gasteiger partial charge in [-0.15, -0.1) is 0 Å². The van der Waals surface area contributed by atoms with Crippen LogP contribution in [-0.2, 0) is 0 Å². The number of aliphatic hydroxyl groups is 1. The summed E-state index contributed by atoms with van der Waals surface area (Å²) < 4.78 is 13.1. The Morgan fingerprint density at radius 1 is 1.40 bits per heavy atom. The van der Waals surface area contributed by atoms with Crippen LogP contribution in [0.1, 0.15) is 30.6 Å². The van der Waals surface area contributed by atoms with Gasteiger partial charge >= 0.3 is 0 Å². The first-order valence-electron chi connectivity index (χ1n) is 5.16. The smallest absolute Gasteiger partial charge is 0.123 e. The Kier molecular flexibility index (Phi) is 5.12. The molecule has 1 aromatic carbocycles. The van der Waals surface area contributed by atoms with Gasteiger partial charge in [0.2, 0.25) is 0 Å². The zero-order chi connectivity index (χ0) is 11.3. The van der Waals surface area contributed by atoms with Crippen molar-refractivity contribution in [3.63, 3.8) is 0 Å². The van der Waals surface area contributed by atoms with E-state index < -0.39 is 6.10 Å². The van der Waals surface area contributed by atoms with E-state index in [1.807, 2.05) is 13.0 Å². The molecule has 84 valence electrons. The second-order valence-electron chi connectivity index (χ2n) is 3.65. The summed E-state index contributed by atoms with van der Waals surface area (Å²) in [5.74, 6) is 1.40. The van der Waals surface area contributed by atoms with Crippen molar-refractivity contribution in [1.82, 2.24) is 0 Å². The molecule has 1 atom stereocenters. The SMILES string of the molecule is CCCSCC(O)c1cc(C)cc(F)c1. The Balaban J connectivity index is 2.60. The number of benzene rings is 1. The van der Waals surface area contributed by atoms with Crippen LogP contribution in [0.15, 0.2) is 18.2 Å². The summed E-state index contributed by atoms with van der Waals surface area (Å²) in [6.07, 6.45) is 0.537. The van der Waals surface area contributed by atoms with Crippen molar-refractivity contribution in [2.24, 2.45) is 0 Å². The fraction of sp³-hybridized carbons (Fsp3) is 0.500. The standard InChI is InChI=1S/C12H17FOS/c1-3-4-15-8-12(14)10-5-9(2)6-11(13)7-10/h5-7,12,14H,3-4,8H2,1-2H3. The molecule has 0 aliphatic rings. The zero-order valence-electron chi connectivity index (χ0n) is 9.16. The third kappa shape index (κ3) is 4.22. The van der Waals surface area contributed by atoms with E-state index in [-0.39, 0.29) is 5.82 Å². The third-order valence-corrected chi connectivity index (χ3v) is 3.32. The molecule has 0 aromatic heterocycles. The molecule has 0 aliphatic heterocycles. The average molecular weight is 228 g/mol. The summed E-state index contributed by atoms with van der Waals surface area (Å²) in [5.41, 5.74) is 1.53. The minimum atomic E-state index is -0.559. The number of hydrogen-bond donors (Lipinski definition) is 1. The number of thioether (sulfide) groups is 1. The molecule has 0 saturated carbocycles. The van der Waals surface area contributed by atoms with E-state index in [0.29, 0.717) is 11.3 Å². The molecule has 1 unspecified atom stereocenters. The zero-order valence-corrected chi connectivity index (χ0v) is 9.98. The molecular formula is C12H17FOS. The molecule has 0 bridgehead atoms. The number of halogens is 1. The highest BCUT2D eigenvalue weighted by Crippen LogP contribution is 2.20. The Bertz CT molecular complexity index is 294. The highest BCUT2D eigenvalue weighted by atomic mass is 32.2. The van der Waals surface area contributed by atoms with Crippen LogP contribution in [0.2, 0.25) is 0 Å². The number of rotatable bonds is 5. The van der Waals surface area contributed by atoms with Crippen LogP contribution in [-0.4, -0.2) is 16.6 Å². The Morgan fingerprint density at radius 3 is 2.73 bits per heavy atom. The Hall–Kier alpha value is -0.540. The first kappa shape index (κ1) is 12.5. The molecular weight excluding hydrogens is 211 g/mol. The van der Waals surface area contributed by atoms with E-state index in [2.05, 4.69) is 6.92 Å². The van der Waals surface area contributed by atoms with Crippen LogP contribution in [0.4, 0.5) is 4.39 Å². The first-order valence-corrected chi connectivity index (χ1v) is 6.32. The third-order valence-electron chi connectivity index (χ3n) is 2.07. The molecule has 0 spiro atoms. The summed E-state index contributed by atoms with van der Waals surface area (Å²) in [5, 5.41) is 9.81. The van der Waals surface area contributed by atoms with E-state index in [1.165, 1.54) is 12.1 Å². The number of aryl methyl sites for hydroxylation is 1. The number of aliphatic hydroxyl groups excluding tert-OH is 1. The van der Waals surface area contributed by atoms with Crippen molar-refractivity contribution in [1.29, 1.82) is 0 Å². The van der Waals surface area contributed by atoms with Gasteiger partial charge in [0, 0.05) is 5.75 Å². The van der Waals surface area contributed by atoms with Gasteiger partial charge in [-0.1, -0.05) is 13.0 Å². The lowest BCUT2D eigenvalue weighted by atomic mass is 10.1. The van der Waals surface area contributed by atoms with Gasteiger partial charge in [0.1, 0.15) is 5.82 Å². The van der Waals surface area contributed by atoms with Gasteiger partial charge in [0.05, 0.1) is 6.10 Å². The molecule has 1 rings (SSSR count). The average Bonchev–Trinajstić information content (AvgIpc) is 2.16. The molecule has 1 aromatic rings. The maximum Gasteiger partial charge on any atom is 0.123 e. The Morgan fingerprint density at radius 2 is 2.13 bits per heavy atom. The van der Waals surface area contributed by atoms with Crippen molar-refractivity contribution in [3.05, 3.63) is 35.1 Å². The lowest BCUT2D eigenvalue weighted by molar-refractivity contribution is 0.203. The Labute approximate surface area is 94.7 Å². The maximum absolute atomic E-state index is 13.1. The van der Waals surface area contributed by atoms with Crippen LogP contribution in [0.3, 0.4) is 0 Å². The number of hydrogen-bond acceptors (Lipinski definition) is 2. The largest absolute Gasteiger partial charge is 0.388 e. The van der Waals surface area contributed by atoms with Gasteiger partial charge in [-0.25, -0.2) is 4.39 Å². The van der Waals surface area contributed by atoms with Crippen molar-refractivity contribution < 1.29 is 9.50 Å². The van der Waals surface area contributed by atoms with E-state index in [0.717, 1.165) is 17.7 Å². The van der Waals surface area contributed by atoms with E-state index in [9.17, 15) is 9.50 Å². The fourth-order valence-corrected chi connectivity index (χ4v) is 2.26. The quantitative estimate of drug-likeness (QED) is 0.780. The molecule has 0 saturated heterocycles. The predicted molar refractivity (Wildman–Crippen MR) is 63.7 cm³/mol. The monoisotopic (exact) mass is 228 g/mol. The summed E-state index contributed by atoms with van der Waals surface area (Å²) in [6.45, 7) is 3.93. The normalized spacial score (nSPS) is 12.8. The molecule has 1 N–H and O–H groups in total. The predicted octanol–water partition coefficient (Wildman–Crippen LogP) is 3.31. The minimum absolute atomic E-state index is 0.274. The summed E-state index contributed by atoms with van der Waals surface area (Å²) in [4.78, 5) is 0. The van der Waals surface area contributed by atoms with Crippen molar-refractivity contribution in [3.8, 4) is 0 Å². The molecule has 1 nitrogen and oxygen atoms in total. The van der Waals surface area contributed by atoms with Crippen LogP contribution in [0.5, 0.6) is 0 Å². The van der Waals surface area contributed by atoms with Gasteiger partial charge in [0.15, 0.2) is 0 Å². The summed E-state index contributed by atoms with van der Waals surface area (Å²) >= 11 is 1.70. The molecule has 15 heavy (non-hydrogen) atoms. The molecule has 3 heteroatoms. The maximum atomic E-state index is 13.1. The first-order chi connectivity index (χ1) is 7.13. The van der Waals surface area contributed by atoms with Gasteiger partial charge in [0.25, 0.3) is 0 Å². The van der Waals surface area contributed by atoms with Crippen molar-refractivity contribution in [2.45, 2.75) is 26.4 Å². The molecule has 0 aliphatic carbocycles.